The molecule has 0 rings (SSSR count). The summed E-state index contributed by atoms with van der Waals surface area (Å²) in [6.07, 6.45) is 0. The van der Waals surface area contributed by atoms with E-state index >= 15 is 0 Å². The van der Waals surface area contributed by atoms with E-state index in [2.05, 4.69) is 4.43 Å². The zero-order chi connectivity index (χ0) is 3.41. The Labute approximate surface area is 72.6 Å². The molecule has 0 aromatic rings. The van der Waals surface area contributed by atoms with Gasteiger partial charge >= 0.3 is 29.6 Å². The van der Waals surface area contributed by atoms with E-state index in [4.69, 9.17) is 4.79 Å². The van der Waals surface area contributed by atoms with Gasteiger partial charge in [-0.3, -0.25) is 4.79 Å². The first kappa shape index (κ1) is 15.7. The molecule has 0 fully saturated rings. The van der Waals surface area contributed by atoms with Crippen LogP contribution in [0.25, 0.3) is 0 Å². The van der Waals surface area contributed by atoms with Crippen molar-refractivity contribution in [3.05, 3.63) is 0 Å². The molecule has 6 heavy (non-hydrogen) atoms. The van der Waals surface area contributed by atoms with Gasteiger partial charge in [-0.05, 0) is 0 Å². The summed E-state index contributed by atoms with van der Waals surface area (Å²) < 4.78 is 4.00. The second kappa shape index (κ2) is 16.3. The molecule has 0 heterocycles. The van der Waals surface area contributed by atoms with Gasteiger partial charge in [-0.15, -0.1) is 0 Å². The summed E-state index contributed by atoms with van der Waals surface area (Å²) in [5, 5.41) is 0. The normalized spacial score (nSPS) is 4.00. The van der Waals surface area contributed by atoms with Crippen molar-refractivity contribution in [2.45, 2.75) is 0 Å². The second-order valence-electron chi connectivity index (χ2n) is 0.332. The third-order valence-electron chi connectivity index (χ3n) is 0.0962. The van der Waals surface area contributed by atoms with E-state index in [9.17, 15) is 0 Å². The quantitative estimate of drug-likeness (QED) is 0.273. The fraction of sp³-hybridized carbons (Fsp3) is 0. The summed E-state index contributed by atoms with van der Waals surface area (Å²) >= 11 is 0. The molecule has 2 nitrogen and oxygen atoms in total. The van der Waals surface area contributed by atoms with Crippen LogP contribution >= 0.6 is 0 Å². The molecule has 5 heteroatoms. The third-order valence-corrected chi connectivity index (χ3v) is 0.289. The van der Waals surface area contributed by atoms with Crippen molar-refractivity contribution < 1.29 is 9.22 Å². The Bertz CT molecular complexity index is 27.5. The Morgan fingerprint density at radius 2 is 1.83 bits per heavy atom. The van der Waals surface area contributed by atoms with Crippen LogP contribution in [-0.4, -0.2) is 63.9 Å². The van der Waals surface area contributed by atoms with Crippen molar-refractivity contribution in [2.75, 3.05) is 0 Å². The molecule has 0 N–H and O–H groups in total. The SMILES string of the molecule is O=CO[SiH3].[AlH3].[NaH]. The summed E-state index contributed by atoms with van der Waals surface area (Å²) in [5.74, 6) is 0. The minimum absolute atomic E-state index is 0. The van der Waals surface area contributed by atoms with Gasteiger partial charge in [0.1, 0.15) is 0 Å². The first-order valence-electron chi connectivity index (χ1n) is 0.880. The van der Waals surface area contributed by atoms with E-state index < -0.39 is 0 Å². The molecule has 0 aliphatic carbocycles. The van der Waals surface area contributed by atoms with Gasteiger partial charge in [-0.1, -0.05) is 0 Å². The summed E-state index contributed by atoms with van der Waals surface area (Å²) in [5.41, 5.74) is 0. The molecule has 0 saturated carbocycles. The predicted molar refractivity (Wildman–Crippen MR) is 34.2 cm³/mol. The molecule has 0 aromatic heterocycles. The zero-order valence-electron chi connectivity index (χ0n) is 2.39. The van der Waals surface area contributed by atoms with Crippen LogP contribution in [0.2, 0.25) is 0 Å². The molecular formula is CH8AlNaO2Si. The van der Waals surface area contributed by atoms with Crippen LogP contribution in [0.5, 0.6) is 0 Å². The molecule has 0 radical (unpaired) electrons. The molecule has 0 unspecified atom stereocenters. The van der Waals surface area contributed by atoms with Crippen molar-refractivity contribution >= 4 is 63.9 Å². The molecule has 32 valence electrons. The van der Waals surface area contributed by atoms with Gasteiger partial charge in [0.05, 0.1) is 0 Å². The van der Waals surface area contributed by atoms with Gasteiger partial charge in [-0.25, -0.2) is 0 Å². The molecule has 0 spiro atoms. The molecule has 0 aromatic carbocycles. The van der Waals surface area contributed by atoms with Crippen molar-refractivity contribution in [1.29, 1.82) is 0 Å². The van der Waals surface area contributed by atoms with E-state index in [1.165, 1.54) is 0 Å². The molecule has 0 amide bonds. The van der Waals surface area contributed by atoms with Crippen LogP contribution < -0.4 is 0 Å². The van der Waals surface area contributed by atoms with Crippen LogP contribution in [0.15, 0.2) is 0 Å². The summed E-state index contributed by atoms with van der Waals surface area (Å²) in [4.78, 5) is 8.99. The van der Waals surface area contributed by atoms with E-state index in [0.29, 0.717) is 17.0 Å². The van der Waals surface area contributed by atoms with Gasteiger partial charge in [-0.2, -0.15) is 0 Å². The summed E-state index contributed by atoms with van der Waals surface area (Å²) in [7, 11) is 0.522. The van der Waals surface area contributed by atoms with E-state index in [-0.39, 0.29) is 46.9 Å². The van der Waals surface area contributed by atoms with Gasteiger partial charge in [0.2, 0.25) is 10.5 Å². The van der Waals surface area contributed by atoms with Crippen LogP contribution in [0, 0.1) is 0 Å². The predicted octanol–water partition coefficient (Wildman–Crippen LogP) is -3.39. The molecule has 0 aliphatic rings. The number of hydrogen-bond acceptors (Lipinski definition) is 2. The standard InChI is InChI=1S/CH4O2Si.Al.Na.4H/c2-1-3-4;;;;;;/h1H,4H3;;;;;;. The Hall–Kier alpha value is 1.22. The topological polar surface area (TPSA) is 26.3 Å². The van der Waals surface area contributed by atoms with Gasteiger partial charge in [0.25, 0.3) is 6.47 Å². The number of rotatable bonds is 1. The first-order chi connectivity index (χ1) is 1.91. The molecule has 0 bridgehead atoms. The Morgan fingerprint density at radius 1 is 1.67 bits per heavy atom. The molecule has 0 atom stereocenters. The number of carbonyl (C=O) groups is 1. The van der Waals surface area contributed by atoms with Gasteiger partial charge in [0.15, 0.2) is 17.4 Å². The fourth-order valence-electron chi connectivity index (χ4n) is 0. The van der Waals surface area contributed by atoms with Crippen LogP contribution in [-0.2, 0) is 9.22 Å². The monoisotopic (exact) mass is 130 g/mol. The Morgan fingerprint density at radius 3 is 1.83 bits per heavy atom. The van der Waals surface area contributed by atoms with Crippen LogP contribution in [0.3, 0.4) is 0 Å². The maximum atomic E-state index is 8.99. The Kier molecular flexibility index (Phi) is 42.7. The van der Waals surface area contributed by atoms with E-state index in [1.807, 2.05) is 0 Å². The van der Waals surface area contributed by atoms with Crippen molar-refractivity contribution in [3.63, 3.8) is 0 Å². The summed E-state index contributed by atoms with van der Waals surface area (Å²) in [6.45, 7) is 0.437. The van der Waals surface area contributed by atoms with Gasteiger partial charge in [0, 0.05) is 0 Å². The zero-order valence-corrected chi connectivity index (χ0v) is 4.39. The molecule has 0 saturated heterocycles. The van der Waals surface area contributed by atoms with E-state index in [1.54, 1.807) is 0 Å². The van der Waals surface area contributed by atoms with Crippen molar-refractivity contribution in [1.82, 2.24) is 0 Å². The molecule has 0 aliphatic heterocycles. The van der Waals surface area contributed by atoms with E-state index in [0.717, 1.165) is 0 Å². The van der Waals surface area contributed by atoms with Crippen LogP contribution in [0.1, 0.15) is 0 Å². The van der Waals surface area contributed by atoms with Gasteiger partial charge < -0.3 is 4.43 Å². The first-order valence-corrected chi connectivity index (χ1v) is 1.70. The fourth-order valence-corrected chi connectivity index (χ4v) is 0. The third kappa shape index (κ3) is 18.9. The average molecular weight is 130 g/mol. The van der Waals surface area contributed by atoms with Crippen molar-refractivity contribution in [2.24, 2.45) is 0 Å². The Balaban J connectivity index is -0.0000000450. The van der Waals surface area contributed by atoms with Crippen LogP contribution in [0.4, 0.5) is 0 Å². The minimum atomic E-state index is 0. The van der Waals surface area contributed by atoms with Crippen molar-refractivity contribution in [3.8, 4) is 0 Å². The summed E-state index contributed by atoms with van der Waals surface area (Å²) in [6, 6.07) is 0. The number of carbonyl (C=O) groups excluding carboxylic acids is 1. The maximum absolute atomic E-state index is 8.99. The second-order valence-corrected chi connectivity index (χ2v) is 0.803. The number of hydrogen-bond donors (Lipinski definition) is 0. The average Bonchev–Trinajstić information content (AvgIpc) is 1.37. The molecular weight excluding hydrogens is 122 g/mol.